The molecule has 1 aromatic carbocycles. The number of halogens is 2. The number of aliphatic carboxylic acids is 1. The largest absolute Gasteiger partial charge is 0.478 e. The van der Waals surface area contributed by atoms with Crippen LogP contribution >= 0.6 is 31.9 Å². The Morgan fingerprint density at radius 1 is 1.47 bits per heavy atom. The zero-order valence-corrected chi connectivity index (χ0v) is 10.5. The molecule has 0 spiro atoms. The van der Waals surface area contributed by atoms with E-state index in [0.29, 0.717) is 20.1 Å². The lowest BCUT2D eigenvalue weighted by Crippen LogP contribution is -1.88. The average Bonchev–Trinajstić information content (AvgIpc) is 2.17. The highest BCUT2D eigenvalue weighted by molar-refractivity contribution is 9.11. The van der Waals surface area contributed by atoms with Gasteiger partial charge in [0, 0.05) is 15.0 Å². The minimum absolute atomic E-state index is 0.447. The van der Waals surface area contributed by atoms with Crippen molar-refractivity contribution in [3.63, 3.8) is 0 Å². The van der Waals surface area contributed by atoms with Crippen molar-refractivity contribution in [2.45, 2.75) is 0 Å². The van der Waals surface area contributed by atoms with Crippen molar-refractivity contribution < 1.29 is 9.90 Å². The molecule has 0 aliphatic rings. The molecule has 0 unspecified atom stereocenters. The van der Waals surface area contributed by atoms with Crippen LogP contribution in [0, 0.1) is 11.3 Å². The molecular formula is C10H5Br2NO2. The fourth-order valence-electron chi connectivity index (χ4n) is 0.961. The second-order valence-electron chi connectivity index (χ2n) is 2.61. The monoisotopic (exact) mass is 329 g/mol. The van der Waals surface area contributed by atoms with Crippen molar-refractivity contribution >= 4 is 43.9 Å². The van der Waals surface area contributed by atoms with Crippen molar-refractivity contribution in [3.05, 3.63) is 38.3 Å². The van der Waals surface area contributed by atoms with Gasteiger partial charge in [-0.05, 0) is 49.6 Å². The number of carbonyl (C=O) groups is 1. The van der Waals surface area contributed by atoms with Crippen LogP contribution in [0.1, 0.15) is 11.1 Å². The molecule has 0 heterocycles. The van der Waals surface area contributed by atoms with Gasteiger partial charge in [-0.25, -0.2) is 4.79 Å². The van der Waals surface area contributed by atoms with Crippen LogP contribution in [0.3, 0.4) is 0 Å². The van der Waals surface area contributed by atoms with Crippen LogP contribution in [0.2, 0.25) is 0 Å². The molecule has 0 aromatic heterocycles. The maximum atomic E-state index is 10.3. The molecule has 1 rings (SSSR count). The lowest BCUT2D eigenvalue weighted by molar-refractivity contribution is -0.131. The van der Waals surface area contributed by atoms with E-state index >= 15 is 0 Å². The maximum Gasteiger partial charge on any atom is 0.328 e. The fraction of sp³-hybridized carbons (Fsp3) is 0. The van der Waals surface area contributed by atoms with Crippen LogP contribution in [-0.2, 0) is 4.79 Å². The highest BCUT2D eigenvalue weighted by Gasteiger charge is 2.07. The summed E-state index contributed by atoms with van der Waals surface area (Å²) in [5.41, 5.74) is 1.10. The molecule has 0 atom stereocenters. The van der Waals surface area contributed by atoms with Crippen molar-refractivity contribution in [2.24, 2.45) is 0 Å². The number of hydrogen-bond donors (Lipinski definition) is 1. The minimum Gasteiger partial charge on any atom is -0.478 e. The molecule has 5 heteroatoms. The van der Waals surface area contributed by atoms with Crippen LogP contribution in [0.5, 0.6) is 0 Å². The molecule has 1 aromatic rings. The molecule has 0 saturated carbocycles. The predicted molar refractivity (Wildman–Crippen MR) is 63.2 cm³/mol. The summed E-state index contributed by atoms with van der Waals surface area (Å²) in [6.07, 6.45) is 2.45. The molecule has 0 aliphatic heterocycles. The third kappa shape index (κ3) is 2.91. The van der Waals surface area contributed by atoms with Gasteiger partial charge < -0.3 is 5.11 Å². The van der Waals surface area contributed by atoms with E-state index in [1.54, 1.807) is 12.1 Å². The normalized spacial score (nSPS) is 10.2. The summed E-state index contributed by atoms with van der Waals surface area (Å²) < 4.78 is 1.25. The van der Waals surface area contributed by atoms with E-state index in [1.165, 1.54) is 6.08 Å². The molecule has 3 nitrogen and oxygen atoms in total. The number of carboxylic acid groups (broad SMARTS) is 1. The van der Waals surface area contributed by atoms with Gasteiger partial charge in [-0.15, -0.1) is 0 Å². The number of carboxylic acids is 1. The molecule has 0 amide bonds. The number of hydrogen-bond acceptors (Lipinski definition) is 2. The van der Waals surface area contributed by atoms with Crippen molar-refractivity contribution in [1.29, 1.82) is 5.26 Å². The Bertz CT molecular complexity index is 475. The first kappa shape index (κ1) is 12.0. The van der Waals surface area contributed by atoms with Crippen molar-refractivity contribution in [3.8, 4) is 6.07 Å². The molecule has 1 N–H and O–H groups in total. The average molecular weight is 331 g/mol. The lowest BCUT2D eigenvalue weighted by atomic mass is 10.1. The van der Waals surface area contributed by atoms with Gasteiger partial charge in [0.1, 0.15) is 6.07 Å². The molecular weight excluding hydrogens is 326 g/mol. The summed E-state index contributed by atoms with van der Waals surface area (Å²) in [6, 6.07) is 5.43. The summed E-state index contributed by atoms with van der Waals surface area (Å²) >= 11 is 6.47. The summed E-state index contributed by atoms with van der Waals surface area (Å²) in [7, 11) is 0. The van der Waals surface area contributed by atoms with E-state index in [4.69, 9.17) is 10.4 Å². The SMILES string of the molecule is N#Cc1c(Br)ccc(/C=C/C(=O)O)c1Br. The van der Waals surface area contributed by atoms with E-state index in [1.807, 2.05) is 6.07 Å². The highest BCUT2D eigenvalue weighted by Crippen LogP contribution is 2.28. The van der Waals surface area contributed by atoms with Crippen LogP contribution < -0.4 is 0 Å². The van der Waals surface area contributed by atoms with E-state index < -0.39 is 5.97 Å². The number of rotatable bonds is 2. The molecule has 0 bridgehead atoms. The predicted octanol–water partition coefficient (Wildman–Crippen LogP) is 3.18. The number of nitriles is 1. The lowest BCUT2D eigenvalue weighted by Gasteiger charge is -2.02. The van der Waals surface area contributed by atoms with Crippen molar-refractivity contribution in [2.75, 3.05) is 0 Å². The Hall–Kier alpha value is -1.12. The quantitative estimate of drug-likeness (QED) is 0.847. The first-order valence-corrected chi connectivity index (χ1v) is 5.44. The smallest absolute Gasteiger partial charge is 0.328 e. The third-order valence-corrected chi connectivity index (χ3v) is 3.15. The summed E-state index contributed by atoms with van der Waals surface area (Å²) in [4.78, 5) is 10.3. The molecule has 15 heavy (non-hydrogen) atoms. The van der Waals surface area contributed by atoms with Gasteiger partial charge in [0.25, 0.3) is 0 Å². The van der Waals surface area contributed by atoms with Gasteiger partial charge in [-0.3, -0.25) is 0 Å². The molecule has 76 valence electrons. The Kier molecular flexibility index (Phi) is 4.06. The second kappa shape index (κ2) is 5.10. The number of nitrogens with zero attached hydrogens (tertiary/aromatic N) is 1. The summed E-state index contributed by atoms with van der Waals surface area (Å²) in [6.45, 7) is 0. The van der Waals surface area contributed by atoms with Crippen molar-refractivity contribution in [1.82, 2.24) is 0 Å². The summed E-state index contributed by atoms with van der Waals surface area (Å²) in [5, 5.41) is 17.3. The first-order valence-electron chi connectivity index (χ1n) is 3.85. The van der Waals surface area contributed by atoms with Crippen LogP contribution in [0.25, 0.3) is 6.08 Å². The van der Waals surface area contributed by atoms with Crippen LogP contribution in [0.15, 0.2) is 27.2 Å². The number of benzene rings is 1. The molecule has 0 saturated heterocycles. The Balaban J connectivity index is 3.23. The topological polar surface area (TPSA) is 61.1 Å². The Morgan fingerprint density at radius 2 is 2.13 bits per heavy atom. The van der Waals surface area contributed by atoms with E-state index in [0.717, 1.165) is 6.08 Å². The van der Waals surface area contributed by atoms with Gasteiger partial charge in [0.2, 0.25) is 0 Å². The zero-order chi connectivity index (χ0) is 11.4. The standard InChI is InChI=1S/C10H5Br2NO2/c11-8-3-1-6(2-4-9(14)15)10(12)7(8)5-13/h1-4H,(H,14,15)/b4-2+. The van der Waals surface area contributed by atoms with Gasteiger partial charge >= 0.3 is 5.97 Å². The Morgan fingerprint density at radius 3 is 2.67 bits per heavy atom. The minimum atomic E-state index is -1.02. The van der Waals surface area contributed by atoms with Gasteiger partial charge in [-0.2, -0.15) is 5.26 Å². The Labute approximate surface area is 103 Å². The van der Waals surface area contributed by atoms with Gasteiger partial charge in [0.05, 0.1) is 5.56 Å². The molecule has 0 fully saturated rings. The van der Waals surface area contributed by atoms with E-state index in [9.17, 15) is 4.79 Å². The fourth-order valence-corrected chi connectivity index (χ4v) is 2.21. The zero-order valence-electron chi connectivity index (χ0n) is 7.37. The maximum absolute atomic E-state index is 10.3. The second-order valence-corrected chi connectivity index (χ2v) is 4.26. The molecule has 0 radical (unpaired) electrons. The van der Waals surface area contributed by atoms with E-state index in [2.05, 4.69) is 31.9 Å². The van der Waals surface area contributed by atoms with Gasteiger partial charge in [0.15, 0.2) is 0 Å². The summed E-state index contributed by atoms with van der Waals surface area (Å²) in [5.74, 6) is -1.02. The highest BCUT2D eigenvalue weighted by atomic mass is 79.9. The molecule has 0 aliphatic carbocycles. The van der Waals surface area contributed by atoms with E-state index in [-0.39, 0.29) is 0 Å². The van der Waals surface area contributed by atoms with Gasteiger partial charge in [-0.1, -0.05) is 6.07 Å². The third-order valence-electron chi connectivity index (χ3n) is 1.64. The first-order chi connectivity index (χ1) is 7.06. The van der Waals surface area contributed by atoms with Crippen LogP contribution in [0.4, 0.5) is 0 Å². The van der Waals surface area contributed by atoms with Crippen LogP contribution in [-0.4, -0.2) is 11.1 Å².